The van der Waals surface area contributed by atoms with Crippen LogP contribution in [0.15, 0.2) is 6.07 Å². The Kier molecular flexibility index (Phi) is 4.07. The summed E-state index contributed by atoms with van der Waals surface area (Å²) in [5.41, 5.74) is 1.62. The van der Waals surface area contributed by atoms with Gasteiger partial charge in [0.2, 0.25) is 5.91 Å². The van der Waals surface area contributed by atoms with Crippen LogP contribution in [0.1, 0.15) is 12.8 Å². The first-order valence-corrected chi connectivity index (χ1v) is 7.77. The molecule has 1 fully saturated rings. The van der Waals surface area contributed by atoms with E-state index in [4.69, 9.17) is 23.2 Å². The molecule has 0 saturated carbocycles. The van der Waals surface area contributed by atoms with Gasteiger partial charge in [-0.1, -0.05) is 23.2 Å². The first kappa shape index (κ1) is 14.0. The summed E-state index contributed by atoms with van der Waals surface area (Å²) in [6, 6.07) is 1.59. The predicted molar refractivity (Wildman–Crippen MR) is 81.7 cm³/mol. The van der Waals surface area contributed by atoms with Gasteiger partial charge in [-0.05, 0) is 32.0 Å². The lowest BCUT2D eigenvalue weighted by molar-refractivity contribution is -0.120. The number of carbonyl (C=O) groups is 1. The van der Waals surface area contributed by atoms with Crippen LogP contribution >= 0.6 is 34.9 Å². The summed E-state index contributed by atoms with van der Waals surface area (Å²) in [6.45, 7) is 1.72. The number of amides is 1. The molecule has 1 amide bonds. The van der Waals surface area contributed by atoms with Gasteiger partial charge in [0.25, 0.3) is 0 Å². The Balaban J connectivity index is 1.90. The molecule has 0 radical (unpaired) electrons. The van der Waals surface area contributed by atoms with E-state index in [9.17, 15) is 4.79 Å². The minimum Gasteiger partial charge on any atom is -0.323 e. The second-order valence-electron chi connectivity index (χ2n) is 4.69. The highest BCUT2D eigenvalue weighted by molar-refractivity contribution is 7.00. The van der Waals surface area contributed by atoms with Crippen LogP contribution in [-0.2, 0) is 4.79 Å². The molecule has 3 rings (SSSR count). The van der Waals surface area contributed by atoms with Gasteiger partial charge < -0.3 is 10.6 Å². The Morgan fingerprint density at radius 3 is 2.70 bits per heavy atom. The quantitative estimate of drug-likeness (QED) is 0.888. The van der Waals surface area contributed by atoms with Gasteiger partial charge in [0.15, 0.2) is 0 Å². The lowest BCUT2D eigenvalue weighted by Gasteiger charge is -2.22. The van der Waals surface area contributed by atoms with Crippen LogP contribution in [0.5, 0.6) is 0 Å². The Morgan fingerprint density at radius 2 is 1.95 bits per heavy atom. The van der Waals surface area contributed by atoms with Crippen molar-refractivity contribution in [3.63, 3.8) is 0 Å². The largest absolute Gasteiger partial charge is 0.323 e. The molecule has 1 saturated heterocycles. The number of benzene rings is 1. The van der Waals surface area contributed by atoms with Crippen molar-refractivity contribution >= 4 is 57.6 Å². The molecule has 2 N–H and O–H groups in total. The minimum atomic E-state index is -0.0231. The SMILES string of the molecule is O=C(Nc1c(Cl)cc(Cl)c2nsnc12)C1CCNCC1. The van der Waals surface area contributed by atoms with E-state index in [1.807, 2.05) is 0 Å². The van der Waals surface area contributed by atoms with Crippen molar-refractivity contribution in [2.45, 2.75) is 12.8 Å². The number of piperidine rings is 1. The standard InChI is InChI=1S/C12H12Cl2N4OS/c13-7-5-8(14)10-11(18-20-17-10)9(7)16-12(19)6-1-3-15-4-2-6/h5-6,15H,1-4H2,(H,16,19). The number of rotatable bonds is 2. The fraction of sp³-hybridized carbons (Fsp3) is 0.417. The van der Waals surface area contributed by atoms with E-state index < -0.39 is 0 Å². The van der Waals surface area contributed by atoms with E-state index in [0.29, 0.717) is 26.8 Å². The second kappa shape index (κ2) is 5.81. The summed E-state index contributed by atoms with van der Waals surface area (Å²) in [5.74, 6) is -0.0188. The summed E-state index contributed by atoms with van der Waals surface area (Å²) >= 11 is 13.3. The van der Waals surface area contributed by atoms with Gasteiger partial charge in [-0.25, -0.2) is 0 Å². The fourth-order valence-electron chi connectivity index (χ4n) is 2.30. The minimum absolute atomic E-state index is 0.00430. The highest BCUT2D eigenvalue weighted by atomic mass is 35.5. The van der Waals surface area contributed by atoms with Gasteiger partial charge in [-0.3, -0.25) is 4.79 Å². The van der Waals surface area contributed by atoms with Crippen molar-refractivity contribution < 1.29 is 4.79 Å². The van der Waals surface area contributed by atoms with Crippen LogP contribution in [0.4, 0.5) is 5.69 Å². The molecule has 2 heterocycles. The van der Waals surface area contributed by atoms with Crippen LogP contribution in [-0.4, -0.2) is 27.7 Å². The molecule has 1 aromatic carbocycles. The van der Waals surface area contributed by atoms with E-state index >= 15 is 0 Å². The van der Waals surface area contributed by atoms with Crippen LogP contribution in [0.3, 0.4) is 0 Å². The lowest BCUT2D eigenvalue weighted by Crippen LogP contribution is -2.34. The molecule has 8 heteroatoms. The first-order chi connectivity index (χ1) is 9.66. The highest BCUT2D eigenvalue weighted by Crippen LogP contribution is 2.35. The zero-order valence-corrected chi connectivity index (χ0v) is 12.8. The number of nitrogens with one attached hydrogen (secondary N) is 2. The lowest BCUT2D eigenvalue weighted by atomic mass is 9.97. The third-order valence-electron chi connectivity index (χ3n) is 3.40. The van der Waals surface area contributed by atoms with E-state index in [0.717, 1.165) is 37.7 Å². The van der Waals surface area contributed by atoms with E-state index in [1.165, 1.54) is 0 Å². The maximum Gasteiger partial charge on any atom is 0.227 e. The van der Waals surface area contributed by atoms with Crippen LogP contribution in [0.2, 0.25) is 10.0 Å². The van der Waals surface area contributed by atoms with Gasteiger partial charge in [-0.15, -0.1) is 0 Å². The number of aromatic nitrogens is 2. The molecule has 0 unspecified atom stereocenters. The summed E-state index contributed by atoms with van der Waals surface area (Å²) in [5, 5.41) is 6.95. The summed E-state index contributed by atoms with van der Waals surface area (Å²) < 4.78 is 8.29. The van der Waals surface area contributed by atoms with Gasteiger partial charge in [0.1, 0.15) is 11.0 Å². The number of hydrogen-bond acceptors (Lipinski definition) is 5. The molecular formula is C12H12Cl2N4OS. The normalized spacial score (nSPS) is 16.5. The highest BCUT2D eigenvalue weighted by Gasteiger charge is 2.23. The van der Waals surface area contributed by atoms with Crippen molar-refractivity contribution in [1.82, 2.24) is 14.1 Å². The topological polar surface area (TPSA) is 66.9 Å². The van der Waals surface area contributed by atoms with E-state index in [-0.39, 0.29) is 11.8 Å². The number of halogens is 2. The Hall–Kier alpha value is -0.950. The van der Waals surface area contributed by atoms with Gasteiger partial charge in [-0.2, -0.15) is 8.75 Å². The van der Waals surface area contributed by atoms with Crippen LogP contribution in [0, 0.1) is 5.92 Å². The van der Waals surface area contributed by atoms with Gasteiger partial charge >= 0.3 is 0 Å². The predicted octanol–water partition coefficient (Wildman–Crippen LogP) is 2.94. The molecule has 0 aliphatic carbocycles. The molecule has 1 aromatic heterocycles. The van der Waals surface area contributed by atoms with Gasteiger partial charge in [0.05, 0.1) is 27.5 Å². The zero-order chi connectivity index (χ0) is 14.1. The molecule has 5 nitrogen and oxygen atoms in total. The maximum absolute atomic E-state index is 12.3. The molecule has 2 aromatic rings. The number of anilines is 1. The molecule has 1 aliphatic rings. The summed E-state index contributed by atoms with van der Waals surface area (Å²) in [4.78, 5) is 12.3. The van der Waals surface area contributed by atoms with Crippen molar-refractivity contribution in [1.29, 1.82) is 0 Å². The molecular weight excluding hydrogens is 319 g/mol. The molecule has 20 heavy (non-hydrogen) atoms. The average molecular weight is 331 g/mol. The Bertz CT molecular complexity index is 654. The average Bonchev–Trinajstić information content (AvgIpc) is 2.94. The van der Waals surface area contributed by atoms with Crippen molar-refractivity contribution in [2.24, 2.45) is 5.92 Å². The third-order valence-corrected chi connectivity index (χ3v) is 4.52. The molecule has 0 atom stereocenters. The number of carbonyl (C=O) groups excluding carboxylic acids is 1. The van der Waals surface area contributed by atoms with E-state index in [1.54, 1.807) is 6.07 Å². The second-order valence-corrected chi connectivity index (χ2v) is 6.03. The smallest absolute Gasteiger partial charge is 0.227 e. The van der Waals surface area contributed by atoms with Gasteiger partial charge in [0, 0.05) is 5.92 Å². The van der Waals surface area contributed by atoms with Crippen molar-refractivity contribution in [3.05, 3.63) is 16.1 Å². The number of nitrogens with zero attached hydrogens (tertiary/aromatic N) is 2. The zero-order valence-electron chi connectivity index (χ0n) is 10.4. The number of fused-ring (bicyclic) bond motifs is 1. The number of hydrogen-bond donors (Lipinski definition) is 2. The van der Waals surface area contributed by atoms with Crippen molar-refractivity contribution in [3.8, 4) is 0 Å². The van der Waals surface area contributed by atoms with E-state index in [2.05, 4.69) is 19.4 Å². The molecule has 106 valence electrons. The van der Waals surface area contributed by atoms with Crippen LogP contribution in [0.25, 0.3) is 11.0 Å². The third kappa shape index (κ3) is 2.61. The first-order valence-electron chi connectivity index (χ1n) is 6.28. The monoisotopic (exact) mass is 330 g/mol. The fourth-order valence-corrected chi connectivity index (χ4v) is 3.46. The van der Waals surface area contributed by atoms with Crippen molar-refractivity contribution in [2.75, 3.05) is 18.4 Å². The maximum atomic E-state index is 12.3. The molecule has 1 aliphatic heterocycles. The molecule has 0 bridgehead atoms. The Labute approximate surface area is 130 Å². The summed E-state index contributed by atoms with van der Waals surface area (Å²) in [7, 11) is 0. The molecule has 0 spiro atoms. The summed E-state index contributed by atoms with van der Waals surface area (Å²) in [6.07, 6.45) is 1.66. The van der Waals surface area contributed by atoms with Crippen LogP contribution < -0.4 is 10.6 Å². The Morgan fingerprint density at radius 1 is 1.25 bits per heavy atom.